The van der Waals surface area contributed by atoms with Gasteiger partial charge in [0.2, 0.25) is 0 Å². The molecule has 0 unspecified atom stereocenters. The SMILES string of the molecule is CCCOCc1ccc(COCC(C)(C)C)cc1. The maximum absolute atomic E-state index is 5.69. The normalized spacial score (nSPS) is 11.8. The summed E-state index contributed by atoms with van der Waals surface area (Å²) in [6, 6.07) is 8.47. The summed E-state index contributed by atoms with van der Waals surface area (Å²) in [5.41, 5.74) is 2.68. The van der Waals surface area contributed by atoms with Gasteiger partial charge in [0.05, 0.1) is 19.8 Å². The van der Waals surface area contributed by atoms with Crippen molar-refractivity contribution in [1.29, 1.82) is 0 Å². The zero-order chi connectivity index (χ0) is 13.4. The van der Waals surface area contributed by atoms with Crippen LogP contribution in [0.4, 0.5) is 0 Å². The molecule has 18 heavy (non-hydrogen) atoms. The third-order valence-electron chi connectivity index (χ3n) is 2.44. The lowest BCUT2D eigenvalue weighted by Gasteiger charge is -2.18. The van der Waals surface area contributed by atoms with Gasteiger partial charge in [0, 0.05) is 6.61 Å². The minimum atomic E-state index is 0.230. The van der Waals surface area contributed by atoms with Crippen molar-refractivity contribution >= 4 is 0 Å². The summed E-state index contributed by atoms with van der Waals surface area (Å²) in [6.07, 6.45) is 1.07. The van der Waals surface area contributed by atoms with E-state index in [1.54, 1.807) is 0 Å². The Morgan fingerprint density at radius 3 is 1.83 bits per heavy atom. The average Bonchev–Trinajstić information content (AvgIpc) is 2.30. The molecular weight excluding hydrogens is 224 g/mol. The molecule has 1 aromatic carbocycles. The number of rotatable bonds is 7. The largest absolute Gasteiger partial charge is 0.377 e. The van der Waals surface area contributed by atoms with E-state index < -0.39 is 0 Å². The van der Waals surface area contributed by atoms with Crippen molar-refractivity contribution < 1.29 is 9.47 Å². The Morgan fingerprint density at radius 2 is 1.39 bits per heavy atom. The van der Waals surface area contributed by atoms with Crippen LogP contribution in [-0.4, -0.2) is 13.2 Å². The van der Waals surface area contributed by atoms with Crippen molar-refractivity contribution in [3.8, 4) is 0 Å². The highest BCUT2D eigenvalue weighted by Gasteiger charge is 2.09. The number of hydrogen-bond donors (Lipinski definition) is 0. The zero-order valence-corrected chi connectivity index (χ0v) is 12.2. The second-order valence-electron chi connectivity index (χ2n) is 5.92. The molecule has 0 spiro atoms. The molecule has 0 aliphatic carbocycles. The quantitative estimate of drug-likeness (QED) is 0.676. The summed E-state index contributed by atoms with van der Waals surface area (Å²) in [5.74, 6) is 0. The number of ether oxygens (including phenoxy) is 2. The maximum Gasteiger partial charge on any atom is 0.0717 e. The van der Waals surface area contributed by atoms with Gasteiger partial charge in [-0.2, -0.15) is 0 Å². The van der Waals surface area contributed by atoms with E-state index in [9.17, 15) is 0 Å². The van der Waals surface area contributed by atoms with Crippen molar-refractivity contribution in [2.24, 2.45) is 5.41 Å². The third-order valence-corrected chi connectivity index (χ3v) is 2.44. The lowest BCUT2D eigenvalue weighted by molar-refractivity contribution is 0.0598. The van der Waals surface area contributed by atoms with E-state index >= 15 is 0 Å². The Morgan fingerprint density at radius 1 is 0.889 bits per heavy atom. The van der Waals surface area contributed by atoms with E-state index in [0.29, 0.717) is 13.2 Å². The molecule has 0 aliphatic rings. The minimum Gasteiger partial charge on any atom is -0.377 e. The molecule has 2 heteroatoms. The van der Waals surface area contributed by atoms with Gasteiger partial charge in [-0.05, 0) is 23.0 Å². The van der Waals surface area contributed by atoms with Crippen molar-refractivity contribution in [2.45, 2.75) is 47.3 Å². The lowest BCUT2D eigenvalue weighted by Crippen LogP contribution is -2.14. The van der Waals surface area contributed by atoms with Gasteiger partial charge in [0.15, 0.2) is 0 Å². The molecule has 0 N–H and O–H groups in total. The van der Waals surface area contributed by atoms with E-state index in [-0.39, 0.29) is 5.41 Å². The zero-order valence-electron chi connectivity index (χ0n) is 12.2. The molecule has 0 bridgehead atoms. The Kier molecular flexibility index (Phi) is 6.37. The fourth-order valence-electron chi connectivity index (χ4n) is 1.54. The maximum atomic E-state index is 5.69. The van der Waals surface area contributed by atoms with Gasteiger partial charge in [0.25, 0.3) is 0 Å². The van der Waals surface area contributed by atoms with Gasteiger partial charge in [-0.15, -0.1) is 0 Å². The van der Waals surface area contributed by atoms with E-state index in [0.717, 1.165) is 19.6 Å². The lowest BCUT2D eigenvalue weighted by atomic mass is 9.99. The predicted molar refractivity (Wildman–Crippen MR) is 75.5 cm³/mol. The Hall–Kier alpha value is -0.860. The molecule has 0 aliphatic heterocycles. The summed E-state index contributed by atoms with van der Waals surface area (Å²) in [7, 11) is 0. The van der Waals surface area contributed by atoms with Gasteiger partial charge < -0.3 is 9.47 Å². The van der Waals surface area contributed by atoms with E-state index in [1.807, 2.05) is 0 Å². The highest BCUT2D eigenvalue weighted by atomic mass is 16.5. The summed E-state index contributed by atoms with van der Waals surface area (Å²) in [5, 5.41) is 0. The molecule has 0 saturated heterocycles. The Bertz CT molecular complexity index is 322. The first-order valence-corrected chi connectivity index (χ1v) is 6.74. The fraction of sp³-hybridized carbons (Fsp3) is 0.625. The van der Waals surface area contributed by atoms with E-state index in [1.165, 1.54) is 11.1 Å². The summed E-state index contributed by atoms with van der Waals surface area (Å²) >= 11 is 0. The van der Waals surface area contributed by atoms with Crippen molar-refractivity contribution in [1.82, 2.24) is 0 Å². The molecule has 0 radical (unpaired) electrons. The van der Waals surface area contributed by atoms with Crippen LogP contribution < -0.4 is 0 Å². The van der Waals surface area contributed by atoms with Crippen molar-refractivity contribution in [3.05, 3.63) is 35.4 Å². The molecule has 0 atom stereocenters. The molecule has 0 heterocycles. The molecule has 0 amide bonds. The second-order valence-corrected chi connectivity index (χ2v) is 5.92. The van der Waals surface area contributed by atoms with Crippen LogP contribution in [0, 0.1) is 5.41 Å². The van der Waals surface area contributed by atoms with Crippen molar-refractivity contribution in [2.75, 3.05) is 13.2 Å². The Balaban J connectivity index is 2.31. The van der Waals surface area contributed by atoms with Crippen molar-refractivity contribution in [3.63, 3.8) is 0 Å². The van der Waals surface area contributed by atoms with Crippen LogP contribution in [0.2, 0.25) is 0 Å². The van der Waals surface area contributed by atoms with Crippen LogP contribution in [0.5, 0.6) is 0 Å². The first kappa shape index (κ1) is 15.2. The predicted octanol–water partition coefficient (Wildman–Crippen LogP) is 4.18. The minimum absolute atomic E-state index is 0.230. The first-order valence-electron chi connectivity index (χ1n) is 6.74. The molecule has 102 valence electrons. The highest BCUT2D eigenvalue weighted by molar-refractivity contribution is 5.21. The molecular formula is C16H26O2. The molecule has 0 aromatic heterocycles. The van der Waals surface area contributed by atoms with Crippen LogP contribution in [0.25, 0.3) is 0 Å². The Labute approximate surface area is 111 Å². The van der Waals surface area contributed by atoms with E-state index in [2.05, 4.69) is 52.0 Å². The fourth-order valence-corrected chi connectivity index (χ4v) is 1.54. The van der Waals surface area contributed by atoms with Crippen LogP contribution in [0.3, 0.4) is 0 Å². The molecule has 2 nitrogen and oxygen atoms in total. The van der Waals surface area contributed by atoms with E-state index in [4.69, 9.17) is 9.47 Å². The smallest absolute Gasteiger partial charge is 0.0717 e. The van der Waals surface area contributed by atoms with Gasteiger partial charge in [-0.25, -0.2) is 0 Å². The summed E-state index contributed by atoms with van der Waals surface area (Å²) in [6.45, 7) is 11.7. The second kappa shape index (κ2) is 7.55. The highest BCUT2D eigenvalue weighted by Crippen LogP contribution is 2.14. The summed E-state index contributed by atoms with van der Waals surface area (Å²) in [4.78, 5) is 0. The first-order chi connectivity index (χ1) is 8.51. The van der Waals surface area contributed by atoms with Crippen LogP contribution in [-0.2, 0) is 22.7 Å². The number of benzene rings is 1. The third kappa shape index (κ3) is 6.77. The van der Waals surface area contributed by atoms with Crippen LogP contribution in [0.1, 0.15) is 45.2 Å². The van der Waals surface area contributed by atoms with Gasteiger partial charge in [-0.3, -0.25) is 0 Å². The monoisotopic (exact) mass is 250 g/mol. The van der Waals surface area contributed by atoms with Gasteiger partial charge >= 0.3 is 0 Å². The van der Waals surface area contributed by atoms with Crippen LogP contribution in [0.15, 0.2) is 24.3 Å². The summed E-state index contributed by atoms with van der Waals surface area (Å²) < 4.78 is 11.2. The molecule has 0 fully saturated rings. The average molecular weight is 250 g/mol. The standard InChI is InChI=1S/C16H26O2/c1-5-10-17-11-14-6-8-15(9-7-14)12-18-13-16(2,3)4/h6-9H,5,10-13H2,1-4H3. The van der Waals surface area contributed by atoms with Gasteiger partial charge in [0.1, 0.15) is 0 Å². The molecule has 1 aromatic rings. The topological polar surface area (TPSA) is 18.5 Å². The number of hydrogen-bond acceptors (Lipinski definition) is 2. The molecule has 1 rings (SSSR count). The van der Waals surface area contributed by atoms with Crippen LogP contribution >= 0.6 is 0 Å². The van der Waals surface area contributed by atoms with Gasteiger partial charge in [-0.1, -0.05) is 52.0 Å². The molecule has 0 saturated carbocycles.